The van der Waals surface area contributed by atoms with Crippen LogP contribution in [0.4, 0.5) is 0 Å². The lowest BCUT2D eigenvalue weighted by atomic mass is 9.92. The molecule has 0 heteroatoms. The van der Waals surface area contributed by atoms with Gasteiger partial charge in [-0.1, -0.05) is 114 Å². The standard InChI is InChI=1S/C32H26/c1-23-8-12-27(13-9-23)30-20-31(28-14-10-24(2)11-15-28)22-32(21-30)29-18-16-26(17-19-29)25-6-4-3-5-7-25/h3-22H,1-2H3. The molecule has 0 unspecified atom stereocenters. The zero-order valence-electron chi connectivity index (χ0n) is 18.5. The van der Waals surface area contributed by atoms with Crippen molar-refractivity contribution in [1.29, 1.82) is 0 Å². The average molecular weight is 411 g/mol. The van der Waals surface area contributed by atoms with E-state index in [2.05, 4.69) is 135 Å². The highest BCUT2D eigenvalue weighted by Crippen LogP contribution is 2.34. The second-order valence-corrected chi connectivity index (χ2v) is 8.47. The van der Waals surface area contributed by atoms with Gasteiger partial charge in [0, 0.05) is 0 Å². The van der Waals surface area contributed by atoms with Gasteiger partial charge in [-0.3, -0.25) is 0 Å². The molecule has 0 atom stereocenters. The third kappa shape index (κ3) is 4.26. The van der Waals surface area contributed by atoms with Crippen LogP contribution in [0.25, 0.3) is 44.5 Å². The van der Waals surface area contributed by atoms with Gasteiger partial charge in [0.05, 0.1) is 0 Å². The van der Waals surface area contributed by atoms with Gasteiger partial charge >= 0.3 is 0 Å². The topological polar surface area (TPSA) is 0 Å². The minimum atomic E-state index is 1.23. The fraction of sp³-hybridized carbons (Fsp3) is 0.0625. The quantitative estimate of drug-likeness (QED) is 0.277. The van der Waals surface area contributed by atoms with Gasteiger partial charge in [0.25, 0.3) is 0 Å². The van der Waals surface area contributed by atoms with Gasteiger partial charge in [0.1, 0.15) is 0 Å². The molecule has 5 aromatic rings. The molecule has 0 aliphatic carbocycles. The maximum atomic E-state index is 2.31. The van der Waals surface area contributed by atoms with Crippen LogP contribution in [0.15, 0.2) is 121 Å². The number of aryl methyl sites for hydroxylation is 2. The Morgan fingerprint density at radius 2 is 0.562 bits per heavy atom. The molecule has 154 valence electrons. The second kappa shape index (κ2) is 8.69. The normalized spacial score (nSPS) is 10.8. The van der Waals surface area contributed by atoms with E-state index in [0.29, 0.717) is 0 Å². The van der Waals surface area contributed by atoms with Gasteiger partial charge in [-0.15, -0.1) is 0 Å². The molecule has 0 heterocycles. The number of hydrogen-bond acceptors (Lipinski definition) is 0. The Bertz CT molecular complexity index is 1260. The van der Waals surface area contributed by atoms with Gasteiger partial charge in [-0.2, -0.15) is 0 Å². The Kier molecular flexibility index (Phi) is 5.44. The van der Waals surface area contributed by atoms with E-state index < -0.39 is 0 Å². The van der Waals surface area contributed by atoms with Crippen LogP contribution in [0.5, 0.6) is 0 Å². The van der Waals surface area contributed by atoms with Gasteiger partial charge in [-0.05, 0) is 76.6 Å². The summed E-state index contributed by atoms with van der Waals surface area (Å²) in [5.74, 6) is 0. The predicted molar refractivity (Wildman–Crippen MR) is 138 cm³/mol. The minimum absolute atomic E-state index is 1.23. The zero-order chi connectivity index (χ0) is 21.9. The minimum Gasteiger partial charge on any atom is -0.0622 e. The molecule has 32 heavy (non-hydrogen) atoms. The van der Waals surface area contributed by atoms with Crippen molar-refractivity contribution in [3.8, 4) is 44.5 Å². The van der Waals surface area contributed by atoms with Crippen LogP contribution in [0, 0.1) is 13.8 Å². The van der Waals surface area contributed by atoms with Gasteiger partial charge in [-0.25, -0.2) is 0 Å². The number of rotatable bonds is 4. The van der Waals surface area contributed by atoms with E-state index in [1.807, 2.05) is 0 Å². The molecule has 0 amide bonds. The van der Waals surface area contributed by atoms with Crippen LogP contribution in [0.3, 0.4) is 0 Å². The maximum Gasteiger partial charge on any atom is -0.0172 e. The van der Waals surface area contributed by atoms with E-state index in [4.69, 9.17) is 0 Å². The molecular formula is C32H26. The smallest absolute Gasteiger partial charge is 0.0172 e. The first kappa shape index (κ1) is 20.0. The average Bonchev–Trinajstić information content (AvgIpc) is 2.85. The van der Waals surface area contributed by atoms with E-state index in [-0.39, 0.29) is 0 Å². The fourth-order valence-corrected chi connectivity index (χ4v) is 4.11. The largest absolute Gasteiger partial charge is 0.0622 e. The molecule has 0 aliphatic heterocycles. The van der Waals surface area contributed by atoms with Crippen LogP contribution >= 0.6 is 0 Å². The van der Waals surface area contributed by atoms with E-state index in [9.17, 15) is 0 Å². The third-order valence-corrected chi connectivity index (χ3v) is 6.03. The van der Waals surface area contributed by atoms with Crippen molar-refractivity contribution in [3.63, 3.8) is 0 Å². The Morgan fingerprint density at radius 1 is 0.281 bits per heavy atom. The Hall–Kier alpha value is -3.90. The molecule has 0 spiro atoms. The van der Waals surface area contributed by atoms with E-state index >= 15 is 0 Å². The van der Waals surface area contributed by atoms with Gasteiger partial charge < -0.3 is 0 Å². The van der Waals surface area contributed by atoms with Crippen LogP contribution in [-0.4, -0.2) is 0 Å². The third-order valence-electron chi connectivity index (χ3n) is 6.03. The molecule has 5 rings (SSSR count). The molecule has 5 aromatic carbocycles. The van der Waals surface area contributed by atoms with Gasteiger partial charge in [0.15, 0.2) is 0 Å². The summed E-state index contributed by atoms with van der Waals surface area (Å²) in [6.07, 6.45) is 0. The van der Waals surface area contributed by atoms with Crippen molar-refractivity contribution in [2.24, 2.45) is 0 Å². The molecular weight excluding hydrogens is 384 g/mol. The monoisotopic (exact) mass is 410 g/mol. The summed E-state index contributed by atoms with van der Waals surface area (Å²) in [7, 11) is 0. The summed E-state index contributed by atoms with van der Waals surface area (Å²) < 4.78 is 0. The lowest BCUT2D eigenvalue weighted by molar-refractivity contribution is 1.46. The van der Waals surface area contributed by atoms with E-state index in [0.717, 1.165) is 0 Å². The summed E-state index contributed by atoms with van der Waals surface area (Å²) in [6, 6.07) is 43.9. The Balaban J connectivity index is 1.60. The van der Waals surface area contributed by atoms with Crippen molar-refractivity contribution in [3.05, 3.63) is 132 Å². The van der Waals surface area contributed by atoms with Crippen molar-refractivity contribution in [1.82, 2.24) is 0 Å². The molecule has 0 fully saturated rings. The summed E-state index contributed by atoms with van der Waals surface area (Å²) in [5, 5.41) is 0. The molecule has 0 radical (unpaired) electrons. The van der Waals surface area contributed by atoms with Crippen LogP contribution in [0.1, 0.15) is 11.1 Å². The predicted octanol–water partition coefficient (Wildman–Crippen LogP) is 8.97. The SMILES string of the molecule is Cc1ccc(-c2cc(-c3ccc(C)cc3)cc(-c3ccc(-c4ccccc4)cc3)c2)cc1. The molecule has 0 bridgehead atoms. The molecule has 0 aromatic heterocycles. The summed E-state index contributed by atoms with van der Waals surface area (Å²) in [6.45, 7) is 4.26. The molecule has 0 aliphatic rings. The Labute approximate surface area is 190 Å². The van der Waals surface area contributed by atoms with Crippen molar-refractivity contribution >= 4 is 0 Å². The Morgan fingerprint density at radius 3 is 0.938 bits per heavy atom. The highest BCUT2D eigenvalue weighted by Gasteiger charge is 2.08. The van der Waals surface area contributed by atoms with E-state index in [1.54, 1.807) is 0 Å². The number of benzene rings is 5. The van der Waals surface area contributed by atoms with Crippen molar-refractivity contribution in [2.45, 2.75) is 13.8 Å². The van der Waals surface area contributed by atoms with Crippen LogP contribution in [0.2, 0.25) is 0 Å². The summed E-state index contributed by atoms with van der Waals surface area (Å²) >= 11 is 0. The summed E-state index contributed by atoms with van der Waals surface area (Å²) in [5.41, 5.74) is 12.5. The zero-order valence-corrected chi connectivity index (χ0v) is 18.5. The van der Waals surface area contributed by atoms with Gasteiger partial charge in [0.2, 0.25) is 0 Å². The highest BCUT2D eigenvalue weighted by molar-refractivity contribution is 5.82. The number of hydrogen-bond donors (Lipinski definition) is 0. The first-order valence-electron chi connectivity index (χ1n) is 11.1. The highest BCUT2D eigenvalue weighted by atomic mass is 14.1. The summed E-state index contributed by atoms with van der Waals surface area (Å²) in [4.78, 5) is 0. The lowest BCUT2D eigenvalue weighted by Crippen LogP contribution is -1.87. The van der Waals surface area contributed by atoms with E-state index in [1.165, 1.54) is 55.6 Å². The lowest BCUT2D eigenvalue weighted by Gasteiger charge is -2.12. The fourth-order valence-electron chi connectivity index (χ4n) is 4.11. The first-order valence-corrected chi connectivity index (χ1v) is 11.1. The van der Waals surface area contributed by atoms with Crippen LogP contribution in [-0.2, 0) is 0 Å². The molecule has 0 nitrogen and oxygen atoms in total. The van der Waals surface area contributed by atoms with Crippen LogP contribution < -0.4 is 0 Å². The molecule has 0 N–H and O–H groups in total. The molecule has 0 saturated carbocycles. The van der Waals surface area contributed by atoms with Crippen molar-refractivity contribution in [2.75, 3.05) is 0 Å². The molecule has 0 saturated heterocycles. The second-order valence-electron chi connectivity index (χ2n) is 8.47. The van der Waals surface area contributed by atoms with Crippen molar-refractivity contribution < 1.29 is 0 Å². The maximum absolute atomic E-state index is 2.31. The first-order chi connectivity index (χ1) is 15.7.